The third-order valence-electron chi connectivity index (χ3n) is 4.84. The summed E-state index contributed by atoms with van der Waals surface area (Å²) >= 11 is 0. The first-order valence-corrected chi connectivity index (χ1v) is 8.35. The number of benzene rings is 1. The molecule has 2 fully saturated rings. The average molecular weight is 300 g/mol. The van der Waals surface area contributed by atoms with Gasteiger partial charge in [-0.05, 0) is 56.2 Å². The van der Waals surface area contributed by atoms with Crippen molar-refractivity contribution in [3.8, 4) is 0 Å². The number of nitrogens with zero attached hydrogens (tertiary/aromatic N) is 1. The molecule has 1 saturated heterocycles. The fourth-order valence-electron chi connectivity index (χ4n) is 3.41. The molecule has 1 heterocycles. The van der Waals surface area contributed by atoms with E-state index in [0.29, 0.717) is 18.0 Å². The molecule has 0 bridgehead atoms. The van der Waals surface area contributed by atoms with Gasteiger partial charge in [0.25, 0.3) is 5.91 Å². The van der Waals surface area contributed by atoms with Gasteiger partial charge in [0.15, 0.2) is 0 Å². The summed E-state index contributed by atoms with van der Waals surface area (Å²) in [4.78, 5) is 26.0. The highest BCUT2D eigenvalue weighted by atomic mass is 16.2. The van der Waals surface area contributed by atoms with E-state index in [1.165, 1.54) is 12.8 Å². The van der Waals surface area contributed by atoms with E-state index in [2.05, 4.69) is 12.2 Å². The Balaban J connectivity index is 1.66. The van der Waals surface area contributed by atoms with Crippen LogP contribution in [0.2, 0.25) is 0 Å². The van der Waals surface area contributed by atoms with Gasteiger partial charge in [-0.2, -0.15) is 0 Å². The Morgan fingerprint density at radius 1 is 1.23 bits per heavy atom. The summed E-state index contributed by atoms with van der Waals surface area (Å²) in [5, 5.41) is 3.14. The summed E-state index contributed by atoms with van der Waals surface area (Å²) in [6, 6.07) is 7.72. The minimum absolute atomic E-state index is 0.0203. The van der Waals surface area contributed by atoms with E-state index in [1.807, 2.05) is 24.3 Å². The second-order valence-electron chi connectivity index (χ2n) is 6.63. The molecule has 1 aliphatic carbocycles. The van der Waals surface area contributed by atoms with Gasteiger partial charge in [0.2, 0.25) is 5.91 Å². The molecule has 2 amide bonds. The maximum Gasteiger partial charge on any atom is 0.251 e. The fourth-order valence-corrected chi connectivity index (χ4v) is 3.41. The lowest BCUT2D eigenvalue weighted by Gasteiger charge is -2.27. The van der Waals surface area contributed by atoms with Crippen LogP contribution in [0.25, 0.3) is 0 Å². The molecule has 4 nitrogen and oxygen atoms in total. The van der Waals surface area contributed by atoms with Crippen LogP contribution in [0.15, 0.2) is 24.3 Å². The maximum absolute atomic E-state index is 12.4. The molecule has 0 unspecified atom stereocenters. The summed E-state index contributed by atoms with van der Waals surface area (Å²) in [5.41, 5.74) is 1.49. The molecular formula is C18H24N2O2. The van der Waals surface area contributed by atoms with Crippen LogP contribution >= 0.6 is 0 Å². The first-order chi connectivity index (χ1) is 10.6. The maximum atomic E-state index is 12.4. The van der Waals surface area contributed by atoms with Crippen LogP contribution in [0.4, 0.5) is 5.69 Å². The van der Waals surface area contributed by atoms with Gasteiger partial charge in [0.1, 0.15) is 0 Å². The Morgan fingerprint density at radius 2 is 2.00 bits per heavy atom. The molecule has 0 atom stereocenters. The number of hydrogen-bond acceptors (Lipinski definition) is 2. The molecular weight excluding hydrogens is 276 g/mol. The predicted molar refractivity (Wildman–Crippen MR) is 86.9 cm³/mol. The van der Waals surface area contributed by atoms with E-state index in [1.54, 1.807) is 4.90 Å². The first-order valence-electron chi connectivity index (χ1n) is 8.35. The summed E-state index contributed by atoms with van der Waals surface area (Å²) in [6.07, 6.45) is 6.02. The Morgan fingerprint density at radius 3 is 2.68 bits per heavy atom. The van der Waals surface area contributed by atoms with E-state index >= 15 is 0 Å². The molecule has 22 heavy (non-hydrogen) atoms. The van der Waals surface area contributed by atoms with E-state index in [4.69, 9.17) is 0 Å². The lowest BCUT2D eigenvalue weighted by Crippen LogP contribution is -2.37. The van der Waals surface area contributed by atoms with Crippen LogP contribution < -0.4 is 10.2 Å². The number of nitrogens with one attached hydrogen (secondary N) is 1. The van der Waals surface area contributed by atoms with Gasteiger partial charge in [0, 0.05) is 30.3 Å². The van der Waals surface area contributed by atoms with Crippen molar-refractivity contribution < 1.29 is 9.59 Å². The third-order valence-corrected chi connectivity index (χ3v) is 4.84. The molecule has 3 rings (SSSR count). The van der Waals surface area contributed by atoms with Crippen LogP contribution in [0.3, 0.4) is 0 Å². The lowest BCUT2D eigenvalue weighted by molar-refractivity contribution is -0.117. The van der Waals surface area contributed by atoms with Crippen molar-refractivity contribution in [1.82, 2.24) is 5.32 Å². The lowest BCUT2D eigenvalue weighted by atomic mass is 9.87. The van der Waals surface area contributed by atoms with Gasteiger partial charge >= 0.3 is 0 Å². The van der Waals surface area contributed by atoms with Gasteiger partial charge < -0.3 is 10.2 Å². The standard InChI is InChI=1S/C18H24N2O2/c1-13-7-9-15(10-8-13)19-18(22)14-4-2-5-16(12-14)20-11-3-6-17(20)21/h2,4-5,12-13,15H,3,6-11H2,1H3,(H,19,22). The number of hydrogen-bond donors (Lipinski definition) is 1. The van der Waals surface area contributed by atoms with Crippen molar-refractivity contribution in [1.29, 1.82) is 0 Å². The van der Waals surface area contributed by atoms with Crippen molar-refractivity contribution in [2.45, 2.75) is 51.5 Å². The summed E-state index contributed by atoms with van der Waals surface area (Å²) in [6.45, 7) is 3.03. The quantitative estimate of drug-likeness (QED) is 0.932. The highest BCUT2D eigenvalue weighted by Gasteiger charge is 2.23. The molecule has 0 radical (unpaired) electrons. The van der Waals surface area contributed by atoms with Gasteiger partial charge in [-0.3, -0.25) is 9.59 Å². The van der Waals surface area contributed by atoms with Crippen LogP contribution in [-0.4, -0.2) is 24.4 Å². The Labute approximate surface area is 131 Å². The highest BCUT2D eigenvalue weighted by Crippen LogP contribution is 2.25. The topological polar surface area (TPSA) is 49.4 Å². The predicted octanol–water partition coefficient (Wildman–Crippen LogP) is 3.12. The van der Waals surface area contributed by atoms with Gasteiger partial charge in [-0.1, -0.05) is 13.0 Å². The first kappa shape index (κ1) is 15.1. The molecule has 1 aliphatic heterocycles. The molecule has 4 heteroatoms. The van der Waals surface area contributed by atoms with Crippen molar-refractivity contribution in [2.24, 2.45) is 5.92 Å². The summed E-state index contributed by atoms with van der Waals surface area (Å²) in [5.74, 6) is 0.907. The average Bonchev–Trinajstić information content (AvgIpc) is 2.96. The van der Waals surface area contributed by atoms with Crippen LogP contribution in [0.5, 0.6) is 0 Å². The second-order valence-corrected chi connectivity index (χ2v) is 6.63. The zero-order valence-corrected chi connectivity index (χ0v) is 13.2. The molecule has 118 valence electrons. The van der Waals surface area contributed by atoms with Crippen LogP contribution in [-0.2, 0) is 4.79 Å². The number of amides is 2. The largest absolute Gasteiger partial charge is 0.349 e. The van der Waals surface area contributed by atoms with Crippen molar-refractivity contribution in [2.75, 3.05) is 11.4 Å². The Kier molecular flexibility index (Phi) is 4.46. The van der Waals surface area contributed by atoms with E-state index in [-0.39, 0.29) is 11.8 Å². The van der Waals surface area contributed by atoms with Crippen LogP contribution in [0.1, 0.15) is 55.8 Å². The fraction of sp³-hybridized carbons (Fsp3) is 0.556. The third kappa shape index (κ3) is 3.32. The number of anilines is 1. The molecule has 1 saturated carbocycles. The molecule has 0 aromatic heterocycles. The van der Waals surface area contributed by atoms with E-state index in [9.17, 15) is 9.59 Å². The van der Waals surface area contributed by atoms with E-state index < -0.39 is 0 Å². The zero-order valence-electron chi connectivity index (χ0n) is 13.2. The van der Waals surface area contributed by atoms with Crippen LogP contribution in [0, 0.1) is 5.92 Å². The van der Waals surface area contributed by atoms with Gasteiger partial charge in [0.05, 0.1) is 0 Å². The molecule has 1 N–H and O–H groups in total. The Bertz CT molecular complexity index is 562. The molecule has 0 spiro atoms. The zero-order chi connectivity index (χ0) is 15.5. The number of rotatable bonds is 3. The molecule has 2 aliphatic rings. The minimum atomic E-state index is -0.0203. The SMILES string of the molecule is CC1CCC(NC(=O)c2cccc(N3CCCC3=O)c2)CC1. The van der Waals surface area contributed by atoms with Gasteiger partial charge in [-0.15, -0.1) is 0 Å². The highest BCUT2D eigenvalue weighted by molar-refractivity contribution is 5.99. The monoisotopic (exact) mass is 300 g/mol. The second kappa shape index (κ2) is 6.51. The van der Waals surface area contributed by atoms with Crippen molar-refractivity contribution >= 4 is 17.5 Å². The van der Waals surface area contributed by atoms with E-state index in [0.717, 1.165) is 37.4 Å². The normalized spacial score (nSPS) is 25.3. The summed E-state index contributed by atoms with van der Waals surface area (Å²) in [7, 11) is 0. The smallest absolute Gasteiger partial charge is 0.251 e. The minimum Gasteiger partial charge on any atom is -0.349 e. The molecule has 1 aromatic carbocycles. The Hall–Kier alpha value is -1.84. The van der Waals surface area contributed by atoms with Gasteiger partial charge in [-0.25, -0.2) is 0 Å². The molecule has 1 aromatic rings. The van der Waals surface area contributed by atoms with Crippen molar-refractivity contribution in [3.05, 3.63) is 29.8 Å². The van der Waals surface area contributed by atoms with Crippen molar-refractivity contribution in [3.63, 3.8) is 0 Å². The summed E-state index contributed by atoms with van der Waals surface area (Å²) < 4.78 is 0. The number of carbonyl (C=O) groups excluding carboxylic acids is 2. The number of carbonyl (C=O) groups is 2.